The fourth-order valence-corrected chi connectivity index (χ4v) is 2.71. The van der Waals surface area contributed by atoms with Crippen LogP contribution in [0.1, 0.15) is 35.1 Å². The SMILES string of the molecule is COc1c(C)c(C)c(Br)c(C)c1CCCCN. The first-order chi connectivity index (χ1) is 8.04. The van der Waals surface area contributed by atoms with Crippen molar-refractivity contribution in [2.45, 2.75) is 40.0 Å². The Hall–Kier alpha value is -0.540. The van der Waals surface area contributed by atoms with Gasteiger partial charge in [0.2, 0.25) is 0 Å². The molecular weight excluding hydrogens is 278 g/mol. The van der Waals surface area contributed by atoms with Crippen LogP contribution in [0.5, 0.6) is 5.75 Å². The van der Waals surface area contributed by atoms with Crippen LogP contribution in [-0.2, 0) is 6.42 Å². The van der Waals surface area contributed by atoms with E-state index < -0.39 is 0 Å². The average Bonchev–Trinajstić information content (AvgIpc) is 2.33. The van der Waals surface area contributed by atoms with E-state index in [0.29, 0.717) is 0 Å². The highest BCUT2D eigenvalue weighted by Gasteiger charge is 2.15. The molecule has 0 heterocycles. The largest absolute Gasteiger partial charge is 0.496 e. The van der Waals surface area contributed by atoms with Crippen LogP contribution in [0.25, 0.3) is 0 Å². The van der Waals surface area contributed by atoms with Crippen molar-refractivity contribution in [2.75, 3.05) is 13.7 Å². The molecule has 0 spiro atoms. The molecule has 0 saturated heterocycles. The molecule has 0 saturated carbocycles. The molecule has 1 rings (SSSR count). The van der Waals surface area contributed by atoms with Crippen molar-refractivity contribution in [3.63, 3.8) is 0 Å². The first kappa shape index (κ1) is 14.5. The molecule has 2 N–H and O–H groups in total. The Bertz CT molecular complexity index is 402. The maximum atomic E-state index is 5.57. The molecule has 17 heavy (non-hydrogen) atoms. The molecule has 0 fully saturated rings. The molecule has 2 nitrogen and oxygen atoms in total. The van der Waals surface area contributed by atoms with Crippen molar-refractivity contribution in [3.05, 3.63) is 26.7 Å². The van der Waals surface area contributed by atoms with Crippen molar-refractivity contribution in [3.8, 4) is 5.75 Å². The molecule has 0 aliphatic rings. The van der Waals surface area contributed by atoms with Crippen LogP contribution >= 0.6 is 15.9 Å². The molecule has 96 valence electrons. The number of unbranched alkanes of at least 4 members (excludes halogenated alkanes) is 1. The van der Waals surface area contributed by atoms with E-state index in [4.69, 9.17) is 10.5 Å². The summed E-state index contributed by atoms with van der Waals surface area (Å²) >= 11 is 3.67. The number of nitrogens with two attached hydrogens (primary N) is 1. The lowest BCUT2D eigenvalue weighted by atomic mass is 9.95. The summed E-state index contributed by atoms with van der Waals surface area (Å²) in [6.45, 7) is 7.15. The molecule has 0 radical (unpaired) electrons. The van der Waals surface area contributed by atoms with Gasteiger partial charge in [0.05, 0.1) is 7.11 Å². The quantitative estimate of drug-likeness (QED) is 0.842. The highest BCUT2D eigenvalue weighted by atomic mass is 79.9. The second kappa shape index (κ2) is 6.41. The summed E-state index contributed by atoms with van der Waals surface area (Å²) in [6.07, 6.45) is 3.21. The predicted octanol–water partition coefficient (Wildman–Crippen LogP) is 3.66. The Kier molecular flexibility index (Phi) is 5.47. The van der Waals surface area contributed by atoms with Gasteiger partial charge < -0.3 is 10.5 Å². The zero-order valence-electron chi connectivity index (χ0n) is 11.2. The van der Waals surface area contributed by atoms with Crippen LogP contribution in [0.4, 0.5) is 0 Å². The third-order valence-corrected chi connectivity index (χ3v) is 4.56. The van der Waals surface area contributed by atoms with Crippen molar-refractivity contribution in [1.29, 1.82) is 0 Å². The molecule has 0 aliphatic carbocycles. The lowest BCUT2D eigenvalue weighted by Crippen LogP contribution is -2.04. The maximum Gasteiger partial charge on any atom is 0.125 e. The van der Waals surface area contributed by atoms with Gasteiger partial charge in [-0.3, -0.25) is 0 Å². The summed E-state index contributed by atoms with van der Waals surface area (Å²) in [5.74, 6) is 1.04. The monoisotopic (exact) mass is 299 g/mol. The number of rotatable bonds is 5. The van der Waals surface area contributed by atoms with Crippen LogP contribution in [0.15, 0.2) is 4.47 Å². The van der Waals surface area contributed by atoms with Gasteiger partial charge in [-0.05, 0) is 68.8 Å². The van der Waals surface area contributed by atoms with Gasteiger partial charge >= 0.3 is 0 Å². The van der Waals surface area contributed by atoms with Crippen LogP contribution < -0.4 is 10.5 Å². The molecular formula is C14H22BrNO. The lowest BCUT2D eigenvalue weighted by molar-refractivity contribution is 0.404. The van der Waals surface area contributed by atoms with Gasteiger partial charge in [-0.25, -0.2) is 0 Å². The lowest BCUT2D eigenvalue weighted by Gasteiger charge is -2.18. The van der Waals surface area contributed by atoms with Crippen molar-refractivity contribution < 1.29 is 4.74 Å². The molecule has 0 amide bonds. The average molecular weight is 300 g/mol. The Balaban J connectivity index is 3.17. The number of hydrogen-bond donors (Lipinski definition) is 1. The fraction of sp³-hybridized carbons (Fsp3) is 0.571. The number of methoxy groups -OCH3 is 1. The highest BCUT2D eigenvalue weighted by molar-refractivity contribution is 9.10. The second-order valence-electron chi connectivity index (χ2n) is 4.45. The van der Waals surface area contributed by atoms with E-state index in [1.165, 1.54) is 26.7 Å². The van der Waals surface area contributed by atoms with Crippen molar-refractivity contribution >= 4 is 15.9 Å². The molecule has 0 aromatic heterocycles. The Morgan fingerprint density at radius 3 is 2.24 bits per heavy atom. The van der Waals surface area contributed by atoms with Gasteiger partial charge in [-0.2, -0.15) is 0 Å². The molecule has 3 heteroatoms. The van der Waals surface area contributed by atoms with Crippen LogP contribution in [-0.4, -0.2) is 13.7 Å². The summed E-state index contributed by atoms with van der Waals surface area (Å²) in [6, 6.07) is 0. The molecule has 1 aromatic carbocycles. The summed E-state index contributed by atoms with van der Waals surface area (Å²) in [7, 11) is 1.75. The minimum Gasteiger partial charge on any atom is -0.496 e. The predicted molar refractivity (Wildman–Crippen MR) is 76.9 cm³/mol. The first-order valence-corrected chi connectivity index (χ1v) is 6.86. The van der Waals surface area contributed by atoms with Crippen molar-refractivity contribution in [2.24, 2.45) is 5.73 Å². The Morgan fingerprint density at radius 2 is 1.71 bits per heavy atom. The number of hydrogen-bond acceptors (Lipinski definition) is 2. The topological polar surface area (TPSA) is 35.2 Å². The summed E-state index contributed by atoms with van der Waals surface area (Å²) in [4.78, 5) is 0. The third kappa shape index (κ3) is 3.02. The molecule has 0 atom stereocenters. The smallest absolute Gasteiger partial charge is 0.125 e. The Morgan fingerprint density at radius 1 is 1.06 bits per heavy atom. The van der Waals surface area contributed by atoms with E-state index in [1.807, 2.05) is 0 Å². The second-order valence-corrected chi connectivity index (χ2v) is 5.24. The molecule has 0 bridgehead atoms. The summed E-state index contributed by atoms with van der Waals surface area (Å²) in [5.41, 5.74) is 10.6. The standard InChI is InChI=1S/C14H22BrNO/c1-9-10(2)14(17-4)12(7-5-6-8-16)11(3)13(9)15/h5-8,16H2,1-4H3. The Labute approximate surface area is 113 Å². The minimum absolute atomic E-state index is 0.757. The van der Waals surface area contributed by atoms with Gasteiger partial charge in [0.25, 0.3) is 0 Å². The van der Waals surface area contributed by atoms with Crippen molar-refractivity contribution in [1.82, 2.24) is 0 Å². The molecule has 1 aromatic rings. The van der Waals surface area contributed by atoms with E-state index >= 15 is 0 Å². The zero-order valence-corrected chi connectivity index (χ0v) is 12.8. The van der Waals surface area contributed by atoms with Gasteiger partial charge in [0.15, 0.2) is 0 Å². The third-order valence-electron chi connectivity index (χ3n) is 3.37. The van der Waals surface area contributed by atoms with E-state index in [1.54, 1.807) is 7.11 Å². The number of benzene rings is 1. The van der Waals surface area contributed by atoms with Crippen LogP contribution in [0.2, 0.25) is 0 Å². The van der Waals surface area contributed by atoms with E-state index in [2.05, 4.69) is 36.7 Å². The van der Waals surface area contributed by atoms with Crippen LogP contribution in [0.3, 0.4) is 0 Å². The van der Waals surface area contributed by atoms with Gasteiger partial charge in [-0.15, -0.1) is 0 Å². The maximum absolute atomic E-state index is 5.57. The number of halogens is 1. The van der Waals surface area contributed by atoms with Gasteiger partial charge in [-0.1, -0.05) is 15.9 Å². The molecule has 0 unspecified atom stereocenters. The van der Waals surface area contributed by atoms with E-state index in [-0.39, 0.29) is 0 Å². The minimum atomic E-state index is 0.757. The van der Waals surface area contributed by atoms with Crippen LogP contribution in [0, 0.1) is 20.8 Å². The van der Waals surface area contributed by atoms with Gasteiger partial charge in [0, 0.05) is 4.47 Å². The summed E-state index contributed by atoms with van der Waals surface area (Å²) < 4.78 is 6.78. The van der Waals surface area contributed by atoms with E-state index in [9.17, 15) is 0 Å². The van der Waals surface area contributed by atoms with E-state index in [0.717, 1.165) is 31.6 Å². The first-order valence-electron chi connectivity index (χ1n) is 6.06. The fourth-order valence-electron chi connectivity index (χ4n) is 2.17. The zero-order chi connectivity index (χ0) is 13.0. The number of ether oxygens (including phenoxy) is 1. The molecule has 0 aliphatic heterocycles. The normalized spacial score (nSPS) is 10.7. The summed E-state index contributed by atoms with van der Waals surface area (Å²) in [5, 5.41) is 0. The van der Waals surface area contributed by atoms with Gasteiger partial charge in [0.1, 0.15) is 5.75 Å². The highest BCUT2D eigenvalue weighted by Crippen LogP contribution is 2.36.